The van der Waals surface area contributed by atoms with E-state index in [1.807, 2.05) is 19.1 Å². The van der Waals surface area contributed by atoms with E-state index >= 15 is 0 Å². The zero-order valence-corrected chi connectivity index (χ0v) is 12.6. The van der Waals surface area contributed by atoms with Crippen molar-refractivity contribution in [1.82, 2.24) is 0 Å². The number of nitrogens with zero attached hydrogens (tertiary/aromatic N) is 2. The highest BCUT2D eigenvalue weighted by atomic mass is 16.5. The summed E-state index contributed by atoms with van der Waals surface area (Å²) in [5, 5.41) is 0. The second-order valence-corrected chi connectivity index (χ2v) is 4.17. The first-order chi connectivity index (χ1) is 9.67. The maximum Gasteiger partial charge on any atom is 0.127 e. The number of amidine groups is 1. The smallest absolute Gasteiger partial charge is 0.127 e. The molecule has 110 valence electrons. The highest BCUT2D eigenvalue weighted by Crippen LogP contribution is 2.29. The molecule has 0 aromatic heterocycles. The summed E-state index contributed by atoms with van der Waals surface area (Å²) in [6.07, 6.45) is 2.60. The summed E-state index contributed by atoms with van der Waals surface area (Å²) in [6, 6.07) is 3.90. The Morgan fingerprint density at radius 2 is 2.10 bits per heavy atom. The van der Waals surface area contributed by atoms with Crippen molar-refractivity contribution in [2.24, 2.45) is 15.7 Å². The lowest BCUT2D eigenvalue weighted by Crippen LogP contribution is -2.14. The number of aryl methyl sites for hydroxylation is 1. The number of nitrogens with two attached hydrogens (primary N) is 1. The third-order valence-electron chi connectivity index (χ3n) is 2.89. The van der Waals surface area contributed by atoms with Gasteiger partial charge in [-0.25, -0.2) is 0 Å². The van der Waals surface area contributed by atoms with Crippen LogP contribution in [0.4, 0.5) is 5.69 Å². The number of aliphatic imine (C=N–C) groups is 2. The molecule has 20 heavy (non-hydrogen) atoms. The molecule has 2 N–H and O–H groups in total. The molecule has 0 aliphatic heterocycles. The van der Waals surface area contributed by atoms with Crippen LogP contribution in [0, 0.1) is 0 Å². The molecule has 0 aliphatic rings. The molecule has 0 fully saturated rings. The minimum absolute atomic E-state index is 0.449. The summed E-state index contributed by atoms with van der Waals surface area (Å²) in [6.45, 7) is 5.00. The van der Waals surface area contributed by atoms with E-state index in [4.69, 9.17) is 15.2 Å². The van der Waals surface area contributed by atoms with Crippen LogP contribution in [0.15, 0.2) is 22.1 Å². The first-order valence-electron chi connectivity index (χ1n) is 6.67. The molecule has 0 unspecified atom stereocenters. The Balaban J connectivity index is 3.23. The van der Waals surface area contributed by atoms with E-state index in [9.17, 15) is 0 Å². The van der Waals surface area contributed by atoms with Gasteiger partial charge in [-0.3, -0.25) is 9.98 Å². The van der Waals surface area contributed by atoms with Crippen molar-refractivity contribution in [2.75, 3.05) is 27.4 Å². The molecule has 5 heteroatoms. The first-order valence-corrected chi connectivity index (χ1v) is 6.67. The lowest BCUT2D eigenvalue weighted by atomic mass is 10.0. The first kappa shape index (κ1) is 16.2. The van der Waals surface area contributed by atoms with Gasteiger partial charge < -0.3 is 15.2 Å². The zero-order chi connectivity index (χ0) is 15.0. The molecule has 1 rings (SSSR count). The Kier molecular flexibility index (Phi) is 6.73. The average molecular weight is 277 g/mol. The molecule has 5 nitrogen and oxygen atoms in total. The van der Waals surface area contributed by atoms with Crippen molar-refractivity contribution in [3.63, 3.8) is 0 Å². The van der Waals surface area contributed by atoms with Gasteiger partial charge in [0.2, 0.25) is 0 Å². The third kappa shape index (κ3) is 4.06. The predicted molar refractivity (Wildman–Crippen MR) is 83.7 cm³/mol. The molecule has 0 aliphatic carbocycles. The van der Waals surface area contributed by atoms with Gasteiger partial charge in [-0.05, 0) is 31.0 Å². The van der Waals surface area contributed by atoms with Crippen LogP contribution in [0.2, 0.25) is 0 Å². The van der Waals surface area contributed by atoms with Gasteiger partial charge in [0, 0.05) is 25.9 Å². The van der Waals surface area contributed by atoms with Crippen LogP contribution in [-0.2, 0) is 11.2 Å². The molecule has 0 heterocycles. The number of hydrogen-bond acceptors (Lipinski definition) is 4. The lowest BCUT2D eigenvalue weighted by molar-refractivity contribution is 0.146. The standard InChI is InChI=1S/C15H23N3O2/c1-5-11-9-13(18-6-2)12(15(16)17-3)10-14(11)20-8-7-19-4/h6,9-10H,5,7-8H2,1-4H3,(H2,16,17). The third-order valence-corrected chi connectivity index (χ3v) is 2.89. The van der Waals surface area contributed by atoms with E-state index in [2.05, 4.69) is 16.9 Å². The fraction of sp³-hybridized carbons (Fsp3) is 0.467. The Bertz CT molecular complexity index is 496. The van der Waals surface area contributed by atoms with Crippen LogP contribution >= 0.6 is 0 Å². The number of rotatable bonds is 7. The van der Waals surface area contributed by atoms with Gasteiger partial charge >= 0.3 is 0 Å². The molecule has 0 saturated heterocycles. The van der Waals surface area contributed by atoms with E-state index in [0.29, 0.717) is 19.0 Å². The highest BCUT2D eigenvalue weighted by molar-refractivity contribution is 6.02. The summed E-state index contributed by atoms with van der Waals surface area (Å²) in [7, 11) is 3.31. The van der Waals surface area contributed by atoms with E-state index in [1.54, 1.807) is 20.4 Å². The largest absolute Gasteiger partial charge is 0.491 e. The molecule has 0 amide bonds. The van der Waals surface area contributed by atoms with Crippen molar-refractivity contribution in [1.29, 1.82) is 0 Å². The van der Waals surface area contributed by atoms with E-state index in [-0.39, 0.29) is 0 Å². The summed E-state index contributed by atoms with van der Waals surface area (Å²) in [4.78, 5) is 8.39. The minimum atomic E-state index is 0.449. The normalized spacial score (nSPS) is 12.1. The molecule has 0 bridgehead atoms. The van der Waals surface area contributed by atoms with Gasteiger partial charge in [0.05, 0.1) is 12.3 Å². The SMILES string of the molecule is CC=Nc1cc(CC)c(OCCOC)cc1C(N)=NC. The highest BCUT2D eigenvalue weighted by Gasteiger charge is 2.12. The Hall–Kier alpha value is -1.88. The topological polar surface area (TPSA) is 69.2 Å². The minimum Gasteiger partial charge on any atom is -0.491 e. The van der Waals surface area contributed by atoms with Gasteiger partial charge in [0.1, 0.15) is 18.2 Å². The molecule has 0 spiro atoms. The monoisotopic (exact) mass is 277 g/mol. The van der Waals surface area contributed by atoms with E-state index < -0.39 is 0 Å². The van der Waals surface area contributed by atoms with Crippen molar-refractivity contribution < 1.29 is 9.47 Å². The Morgan fingerprint density at radius 3 is 2.65 bits per heavy atom. The van der Waals surface area contributed by atoms with Crippen LogP contribution in [0.1, 0.15) is 25.0 Å². The van der Waals surface area contributed by atoms with Crippen molar-refractivity contribution in [3.05, 3.63) is 23.3 Å². The predicted octanol–water partition coefficient (Wildman–Crippen LogP) is 2.33. The van der Waals surface area contributed by atoms with Crippen LogP contribution in [-0.4, -0.2) is 39.4 Å². The quantitative estimate of drug-likeness (QED) is 0.472. The van der Waals surface area contributed by atoms with E-state index in [1.165, 1.54) is 0 Å². The van der Waals surface area contributed by atoms with Crippen LogP contribution in [0.3, 0.4) is 0 Å². The van der Waals surface area contributed by atoms with Gasteiger partial charge in [0.15, 0.2) is 0 Å². The summed E-state index contributed by atoms with van der Waals surface area (Å²) in [5.41, 5.74) is 8.63. The molecule has 0 radical (unpaired) electrons. The van der Waals surface area contributed by atoms with Gasteiger partial charge in [-0.1, -0.05) is 6.92 Å². The van der Waals surface area contributed by atoms with Gasteiger partial charge in [-0.2, -0.15) is 0 Å². The lowest BCUT2D eigenvalue weighted by Gasteiger charge is -2.14. The van der Waals surface area contributed by atoms with Crippen molar-refractivity contribution in [3.8, 4) is 5.75 Å². The van der Waals surface area contributed by atoms with Crippen LogP contribution in [0.5, 0.6) is 5.75 Å². The molecule has 1 aromatic rings. The fourth-order valence-electron chi connectivity index (χ4n) is 1.83. The number of methoxy groups -OCH3 is 1. The van der Waals surface area contributed by atoms with Crippen molar-refractivity contribution >= 4 is 17.7 Å². The summed E-state index contributed by atoms with van der Waals surface area (Å²) >= 11 is 0. The molecule has 0 saturated carbocycles. The molecule has 1 aromatic carbocycles. The summed E-state index contributed by atoms with van der Waals surface area (Å²) in [5.74, 6) is 1.26. The second kappa shape index (κ2) is 8.32. The number of hydrogen-bond donors (Lipinski definition) is 1. The van der Waals surface area contributed by atoms with Crippen LogP contribution in [0.25, 0.3) is 0 Å². The molecule has 0 atom stereocenters. The fourth-order valence-corrected chi connectivity index (χ4v) is 1.83. The number of benzene rings is 1. The van der Waals surface area contributed by atoms with Gasteiger partial charge in [0.25, 0.3) is 0 Å². The van der Waals surface area contributed by atoms with Crippen LogP contribution < -0.4 is 10.5 Å². The van der Waals surface area contributed by atoms with Crippen molar-refractivity contribution in [2.45, 2.75) is 20.3 Å². The van der Waals surface area contributed by atoms with E-state index in [0.717, 1.165) is 29.0 Å². The number of ether oxygens (including phenoxy) is 2. The average Bonchev–Trinajstić information content (AvgIpc) is 2.47. The maximum absolute atomic E-state index is 5.94. The maximum atomic E-state index is 5.94. The molecular formula is C15H23N3O2. The zero-order valence-electron chi connectivity index (χ0n) is 12.6. The molecular weight excluding hydrogens is 254 g/mol. The Morgan fingerprint density at radius 1 is 1.35 bits per heavy atom. The second-order valence-electron chi connectivity index (χ2n) is 4.17. The van der Waals surface area contributed by atoms with Gasteiger partial charge in [-0.15, -0.1) is 0 Å². The Labute approximate surface area is 120 Å². The summed E-state index contributed by atoms with van der Waals surface area (Å²) < 4.78 is 10.8.